The molecule has 2 nitrogen and oxygen atoms in total. The minimum atomic E-state index is 0.657. The van der Waals surface area contributed by atoms with Gasteiger partial charge in [-0.15, -0.1) is 0 Å². The van der Waals surface area contributed by atoms with Gasteiger partial charge in [0, 0.05) is 0 Å². The van der Waals surface area contributed by atoms with E-state index in [1.165, 1.54) is 25.8 Å². The molecule has 1 fully saturated rings. The molecule has 1 N–H and O–H groups in total. The van der Waals surface area contributed by atoms with Gasteiger partial charge in [0.2, 0.25) is 0 Å². The highest BCUT2D eigenvalue weighted by Gasteiger charge is 2.16. The highest BCUT2D eigenvalue weighted by molar-refractivity contribution is 4.72. The van der Waals surface area contributed by atoms with Crippen molar-refractivity contribution < 1.29 is 4.74 Å². The van der Waals surface area contributed by atoms with Crippen LogP contribution in [-0.4, -0.2) is 25.8 Å². The van der Waals surface area contributed by atoms with Gasteiger partial charge in [0.1, 0.15) is 0 Å². The minimum Gasteiger partial charge on any atom is -0.378 e. The largest absolute Gasteiger partial charge is 0.378 e. The first-order valence-electron chi connectivity index (χ1n) is 5.10. The zero-order valence-electron chi connectivity index (χ0n) is 8.31. The van der Waals surface area contributed by atoms with Gasteiger partial charge in [-0.25, -0.2) is 0 Å². The fourth-order valence-electron chi connectivity index (χ4n) is 1.34. The zero-order chi connectivity index (χ0) is 8.81. The van der Waals surface area contributed by atoms with E-state index in [1.54, 1.807) is 0 Å². The summed E-state index contributed by atoms with van der Waals surface area (Å²) in [7, 11) is 0. The molecule has 2 heteroatoms. The topological polar surface area (TPSA) is 21.3 Å². The van der Waals surface area contributed by atoms with Gasteiger partial charge in [0.05, 0.1) is 19.3 Å². The number of hydrogen-bond donors (Lipinski definition) is 1. The predicted molar refractivity (Wildman–Crippen MR) is 51.3 cm³/mol. The summed E-state index contributed by atoms with van der Waals surface area (Å²) >= 11 is 0. The van der Waals surface area contributed by atoms with E-state index >= 15 is 0 Å². The number of unbranched alkanes of at least 4 members (excludes halogenated alkanes) is 1. The Labute approximate surface area is 75.7 Å². The van der Waals surface area contributed by atoms with Crippen molar-refractivity contribution in [2.24, 2.45) is 5.92 Å². The summed E-state index contributed by atoms with van der Waals surface area (Å²) < 4.78 is 5.07. The molecule has 0 saturated carbocycles. The second-order valence-corrected chi connectivity index (χ2v) is 4.08. The van der Waals surface area contributed by atoms with Crippen molar-refractivity contribution >= 4 is 0 Å². The number of hydrogen-bond acceptors (Lipinski definition) is 2. The van der Waals surface area contributed by atoms with Gasteiger partial charge < -0.3 is 10.1 Å². The van der Waals surface area contributed by atoms with E-state index in [1.807, 2.05) is 0 Å². The first-order chi connectivity index (χ1) is 5.79. The zero-order valence-corrected chi connectivity index (χ0v) is 8.31. The lowest BCUT2D eigenvalue weighted by Crippen LogP contribution is -2.46. The molecule has 0 aromatic heterocycles. The Kier molecular flexibility index (Phi) is 4.62. The Morgan fingerprint density at radius 2 is 2.08 bits per heavy atom. The maximum absolute atomic E-state index is 5.07. The molecule has 0 amide bonds. The van der Waals surface area contributed by atoms with Crippen LogP contribution in [0.3, 0.4) is 0 Å². The van der Waals surface area contributed by atoms with Crippen LogP contribution in [0, 0.1) is 5.92 Å². The maximum atomic E-state index is 5.07. The van der Waals surface area contributed by atoms with Crippen LogP contribution in [0.4, 0.5) is 0 Å². The molecule has 0 aromatic rings. The van der Waals surface area contributed by atoms with Gasteiger partial charge in [-0.05, 0) is 18.9 Å². The van der Waals surface area contributed by atoms with E-state index in [0.29, 0.717) is 6.04 Å². The van der Waals surface area contributed by atoms with Crippen molar-refractivity contribution in [3.8, 4) is 0 Å². The summed E-state index contributed by atoms with van der Waals surface area (Å²) in [4.78, 5) is 0. The third kappa shape index (κ3) is 4.07. The Morgan fingerprint density at radius 3 is 2.58 bits per heavy atom. The summed E-state index contributed by atoms with van der Waals surface area (Å²) in [6.07, 6.45) is 4.04. The molecule has 0 bridgehead atoms. The lowest BCUT2D eigenvalue weighted by Gasteiger charge is -2.26. The standard InChI is InChI=1S/C10H21NO/c1-9(2)5-3-4-6-11-10-7-12-8-10/h9-11H,3-8H2,1-2H3. The molecule has 1 saturated heterocycles. The average Bonchev–Trinajstić information content (AvgIpc) is 1.92. The molecule has 0 unspecified atom stereocenters. The first kappa shape index (κ1) is 10.0. The molecular formula is C10H21NO. The van der Waals surface area contributed by atoms with E-state index in [-0.39, 0.29) is 0 Å². The molecule has 1 rings (SSSR count). The lowest BCUT2D eigenvalue weighted by atomic mass is 10.1. The molecule has 1 aliphatic rings. The van der Waals surface area contributed by atoms with Crippen LogP contribution < -0.4 is 5.32 Å². The van der Waals surface area contributed by atoms with Crippen LogP contribution in [0.2, 0.25) is 0 Å². The maximum Gasteiger partial charge on any atom is 0.0643 e. The van der Waals surface area contributed by atoms with Gasteiger partial charge in [-0.1, -0.05) is 26.7 Å². The highest BCUT2D eigenvalue weighted by Crippen LogP contribution is 2.06. The molecule has 0 aromatic carbocycles. The predicted octanol–water partition coefficient (Wildman–Crippen LogP) is 1.80. The molecule has 1 heterocycles. The molecule has 0 radical (unpaired) electrons. The number of rotatable bonds is 6. The van der Waals surface area contributed by atoms with E-state index in [4.69, 9.17) is 4.74 Å². The normalized spacial score (nSPS) is 18.2. The van der Waals surface area contributed by atoms with Crippen LogP contribution in [0.5, 0.6) is 0 Å². The van der Waals surface area contributed by atoms with Crippen molar-refractivity contribution in [2.75, 3.05) is 19.8 Å². The van der Waals surface area contributed by atoms with E-state index in [2.05, 4.69) is 19.2 Å². The average molecular weight is 171 g/mol. The van der Waals surface area contributed by atoms with E-state index < -0.39 is 0 Å². The Bertz CT molecular complexity index is 110. The second-order valence-electron chi connectivity index (χ2n) is 4.08. The first-order valence-corrected chi connectivity index (χ1v) is 5.10. The van der Waals surface area contributed by atoms with Crippen molar-refractivity contribution in [3.05, 3.63) is 0 Å². The number of nitrogens with one attached hydrogen (secondary N) is 1. The smallest absolute Gasteiger partial charge is 0.0643 e. The Hall–Kier alpha value is -0.0800. The fourth-order valence-corrected chi connectivity index (χ4v) is 1.34. The molecule has 72 valence electrons. The summed E-state index contributed by atoms with van der Waals surface area (Å²) in [5, 5.41) is 3.47. The Balaban J connectivity index is 1.76. The SMILES string of the molecule is CC(C)CCCCNC1COC1. The second kappa shape index (κ2) is 5.55. The lowest BCUT2D eigenvalue weighted by molar-refractivity contribution is -0.00498. The van der Waals surface area contributed by atoms with Gasteiger partial charge in [0.15, 0.2) is 0 Å². The molecule has 12 heavy (non-hydrogen) atoms. The molecule has 0 spiro atoms. The third-order valence-corrected chi connectivity index (χ3v) is 2.28. The molecule has 1 aliphatic heterocycles. The summed E-state index contributed by atoms with van der Waals surface area (Å²) in [6, 6.07) is 0.657. The third-order valence-electron chi connectivity index (χ3n) is 2.28. The van der Waals surface area contributed by atoms with Gasteiger partial charge in [-0.2, -0.15) is 0 Å². The summed E-state index contributed by atoms with van der Waals surface area (Å²) in [5.74, 6) is 0.858. The van der Waals surface area contributed by atoms with Gasteiger partial charge in [0.25, 0.3) is 0 Å². The summed E-state index contributed by atoms with van der Waals surface area (Å²) in [6.45, 7) is 7.58. The molecular weight excluding hydrogens is 150 g/mol. The number of ether oxygens (including phenoxy) is 1. The molecule has 0 aliphatic carbocycles. The van der Waals surface area contributed by atoms with Crippen LogP contribution in [0.1, 0.15) is 33.1 Å². The van der Waals surface area contributed by atoms with Crippen molar-refractivity contribution in [2.45, 2.75) is 39.2 Å². The quantitative estimate of drug-likeness (QED) is 0.615. The van der Waals surface area contributed by atoms with Crippen molar-refractivity contribution in [1.29, 1.82) is 0 Å². The van der Waals surface area contributed by atoms with Crippen LogP contribution in [0.25, 0.3) is 0 Å². The monoisotopic (exact) mass is 171 g/mol. The minimum absolute atomic E-state index is 0.657. The summed E-state index contributed by atoms with van der Waals surface area (Å²) in [5.41, 5.74) is 0. The van der Waals surface area contributed by atoms with Crippen molar-refractivity contribution in [3.63, 3.8) is 0 Å². The Morgan fingerprint density at radius 1 is 1.33 bits per heavy atom. The van der Waals surface area contributed by atoms with E-state index in [9.17, 15) is 0 Å². The van der Waals surface area contributed by atoms with Crippen LogP contribution in [0.15, 0.2) is 0 Å². The van der Waals surface area contributed by atoms with Crippen LogP contribution >= 0.6 is 0 Å². The highest BCUT2D eigenvalue weighted by atomic mass is 16.5. The molecule has 0 atom stereocenters. The van der Waals surface area contributed by atoms with Gasteiger partial charge in [-0.3, -0.25) is 0 Å². The van der Waals surface area contributed by atoms with Crippen molar-refractivity contribution in [1.82, 2.24) is 5.32 Å². The van der Waals surface area contributed by atoms with Gasteiger partial charge >= 0.3 is 0 Å². The van der Waals surface area contributed by atoms with E-state index in [0.717, 1.165) is 19.1 Å². The van der Waals surface area contributed by atoms with Crippen LogP contribution in [-0.2, 0) is 4.74 Å². The fraction of sp³-hybridized carbons (Fsp3) is 1.00.